The monoisotopic (exact) mass is 193 g/mol. The molecule has 2 saturated heterocycles. The first kappa shape index (κ1) is 9.75. The van der Waals surface area contributed by atoms with Crippen molar-refractivity contribution in [3.05, 3.63) is 12.2 Å². The molecule has 0 aromatic heterocycles. The molecule has 0 spiro atoms. The molecule has 2 aliphatic heterocycles. The molecule has 1 amide bonds. The summed E-state index contributed by atoms with van der Waals surface area (Å²) in [6.07, 6.45) is 6.20. The summed E-state index contributed by atoms with van der Waals surface area (Å²) in [5.74, 6) is 0.376. The fourth-order valence-electron chi connectivity index (χ4n) is 2.89. The predicted octanol–water partition coefficient (Wildman–Crippen LogP) is 2.50. The van der Waals surface area contributed by atoms with Gasteiger partial charge in [-0.2, -0.15) is 0 Å². The molecule has 0 aromatic rings. The van der Waals surface area contributed by atoms with Gasteiger partial charge < -0.3 is 4.90 Å². The largest absolute Gasteiger partial charge is 0.336 e. The molecular formula is C12H19NO. The van der Waals surface area contributed by atoms with Gasteiger partial charge in [0.15, 0.2) is 0 Å². The number of hydrogen-bond donors (Lipinski definition) is 0. The van der Waals surface area contributed by atoms with Crippen molar-refractivity contribution in [2.75, 3.05) is 0 Å². The summed E-state index contributed by atoms with van der Waals surface area (Å²) in [6.45, 7) is 6.28. The van der Waals surface area contributed by atoms with Crippen LogP contribution in [0.2, 0.25) is 0 Å². The third kappa shape index (κ3) is 1.58. The maximum absolute atomic E-state index is 11.7. The zero-order valence-corrected chi connectivity index (χ0v) is 8.96. The van der Waals surface area contributed by atoms with E-state index in [0.29, 0.717) is 18.0 Å². The maximum atomic E-state index is 11.7. The van der Waals surface area contributed by atoms with E-state index in [1.165, 1.54) is 5.57 Å². The Hall–Kier alpha value is -0.790. The zero-order valence-electron chi connectivity index (χ0n) is 8.96. The summed E-state index contributed by atoms with van der Waals surface area (Å²) in [6, 6.07) is 0.946. The lowest BCUT2D eigenvalue weighted by Crippen LogP contribution is -2.45. The molecule has 0 N–H and O–H groups in total. The maximum Gasteiger partial charge on any atom is 0.223 e. The van der Waals surface area contributed by atoms with Crippen molar-refractivity contribution in [3.8, 4) is 0 Å². The number of piperidine rings is 1. The van der Waals surface area contributed by atoms with Gasteiger partial charge >= 0.3 is 0 Å². The summed E-state index contributed by atoms with van der Waals surface area (Å²) in [4.78, 5) is 13.8. The Morgan fingerprint density at radius 3 is 3.00 bits per heavy atom. The highest BCUT2D eigenvalue weighted by Gasteiger charge is 2.39. The van der Waals surface area contributed by atoms with Crippen LogP contribution in [0.4, 0.5) is 0 Å². The van der Waals surface area contributed by atoms with Crippen LogP contribution >= 0.6 is 0 Å². The molecule has 2 aliphatic rings. The Bertz CT molecular complexity index is 259. The number of hydrogen-bond acceptors (Lipinski definition) is 1. The molecule has 2 heteroatoms. The quantitative estimate of drug-likeness (QED) is 0.617. The van der Waals surface area contributed by atoms with E-state index in [9.17, 15) is 4.79 Å². The number of rotatable bonds is 2. The van der Waals surface area contributed by atoms with E-state index in [1.54, 1.807) is 0 Å². The molecule has 0 radical (unpaired) electrons. The first-order chi connectivity index (χ1) is 6.72. The summed E-state index contributed by atoms with van der Waals surface area (Å²) in [5, 5.41) is 0. The molecule has 0 aromatic carbocycles. The SMILES string of the molecule is C=C1C[C@@H](CCC)N2C(=O)CC[C@@H]2C1. The number of fused-ring (bicyclic) bond motifs is 1. The van der Waals surface area contributed by atoms with Crippen LogP contribution in [-0.4, -0.2) is 22.9 Å². The molecular weight excluding hydrogens is 174 g/mol. The topological polar surface area (TPSA) is 20.3 Å². The third-order valence-corrected chi connectivity index (χ3v) is 3.44. The zero-order chi connectivity index (χ0) is 10.1. The van der Waals surface area contributed by atoms with Crippen LogP contribution in [-0.2, 0) is 4.79 Å². The second kappa shape index (κ2) is 3.76. The van der Waals surface area contributed by atoms with Crippen molar-refractivity contribution >= 4 is 5.91 Å². The number of amides is 1. The van der Waals surface area contributed by atoms with Crippen molar-refractivity contribution in [1.82, 2.24) is 4.90 Å². The number of nitrogens with zero attached hydrogens (tertiary/aromatic N) is 1. The van der Waals surface area contributed by atoms with Crippen LogP contribution in [0.5, 0.6) is 0 Å². The summed E-state index contributed by atoms with van der Waals surface area (Å²) in [7, 11) is 0. The van der Waals surface area contributed by atoms with Crippen LogP contribution in [0.15, 0.2) is 12.2 Å². The van der Waals surface area contributed by atoms with Crippen LogP contribution in [0, 0.1) is 0 Å². The van der Waals surface area contributed by atoms with E-state index in [0.717, 1.165) is 38.5 Å². The van der Waals surface area contributed by atoms with Crippen molar-refractivity contribution in [1.29, 1.82) is 0 Å². The molecule has 14 heavy (non-hydrogen) atoms. The summed E-state index contributed by atoms with van der Waals surface area (Å²) >= 11 is 0. The van der Waals surface area contributed by atoms with Crippen LogP contribution in [0.3, 0.4) is 0 Å². The van der Waals surface area contributed by atoms with Crippen LogP contribution < -0.4 is 0 Å². The van der Waals surface area contributed by atoms with Gasteiger partial charge in [0.1, 0.15) is 0 Å². The highest BCUT2D eigenvalue weighted by Crippen LogP contribution is 2.35. The van der Waals surface area contributed by atoms with Gasteiger partial charge in [-0.15, -0.1) is 0 Å². The molecule has 2 fully saturated rings. The minimum atomic E-state index is 0.376. The number of carbonyl (C=O) groups excluding carboxylic acids is 1. The smallest absolute Gasteiger partial charge is 0.223 e. The van der Waals surface area contributed by atoms with Gasteiger partial charge in [0.25, 0.3) is 0 Å². The van der Waals surface area contributed by atoms with E-state index in [-0.39, 0.29) is 0 Å². The standard InChI is InChI=1S/C12H19NO/c1-3-4-10-7-9(2)8-11-5-6-12(14)13(10)11/h10-11H,2-8H2,1H3/t10-,11-/m1/s1. The molecule has 2 atom stereocenters. The average Bonchev–Trinajstić information content (AvgIpc) is 2.48. The summed E-state index contributed by atoms with van der Waals surface area (Å²) < 4.78 is 0. The second-order valence-electron chi connectivity index (χ2n) is 4.59. The van der Waals surface area contributed by atoms with Gasteiger partial charge in [-0.1, -0.05) is 25.5 Å². The normalized spacial score (nSPS) is 32.2. The van der Waals surface area contributed by atoms with Gasteiger partial charge in [0, 0.05) is 18.5 Å². The highest BCUT2D eigenvalue weighted by atomic mass is 16.2. The van der Waals surface area contributed by atoms with Crippen LogP contribution in [0.1, 0.15) is 45.4 Å². The predicted molar refractivity (Wildman–Crippen MR) is 56.9 cm³/mol. The van der Waals surface area contributed by atoms with Crippen molar-refractivity contribution in [2.45, 2.75) is 57.5 Å². The summed E-state index contributed by atoms with van der Waals surface area (Å²) in [5.41, 5.74) is 1.35. The Morgan fingerprint density at radius 1 is 1.50 bits per heavy atom. The van der Waals surface area contributed by atoms with Crippen molar-refractivity contribution in [2.24, 2.45) is 0 Å². The lowest BCUT2D eigenvalue weighted by atomic mass is 9.90. The van der Waals surface area contributed by atoms with E-state index in [2.05, 4.69) is 18.4 Å². The molecule has 2 rings (SSSR count). The average molecular weight is 193 g/mol. The van der Waals surface area contributed by atoms with Crippen LogP contribution in [0.25, 0.3) is 0 Å². The van der Waals surface area contributed by atoms with Gasteiger partial charge in [-0.3, -0.25) is 4.79 Å². The van der Waals surface area contributed by atoms with E-state index in [1.807, 2.05) is 0 Å². The van der Waals surface area contributed by atoms with E-state index in [4.69, 9.17) is 0 Å². The first-order valence-corrected chi connectivity index (χ1v) is 5.70. The molecule has 2 nitrogen and oxygen atoms in total. The van der Waals surface area contributed by atoms with E-state index >= 15 is 0 Å². The molecule has 0 aliphatic carbocycles. The van der Waals surface area contributed by atoms with Crippen molar-refractivity contribution < 1.29 is 4.79 Å². The number of carbonyl (C=O) groups is 1. The molecule has 78 valence electrons. The Kier molecular flexibility index (Phi) is 2.62. The van der Waals surface area contributed by atoms with E-state index < -0.39 is 0 Å². The highest BCUT2D eigenvalue weighted by molar-refractivity contribution is 5.79. The second-order valence-corrected chi connectivity index (χ2v) is 4.59. The molecule has 2 heterocycles. The lowest BCUT2D eigenvalue weighted by Gasteiger charge is -2.39. The molecule has 0 saturated carbocycles. The van der Waals surface area contributed by atoms with Gasteiger partial charge in [0.2, 0.25) is 5.91 Å². The minimum absolute atomic E-state index is 0.376. The Balaban J connectivity index is 2.13. The van der Waals surface area contributed by atoms with Gasteiger partial charge in [0.05, 0.1) is 0 Å². The minimum Gasteiger partial charge on any atom is -0.336 e. The Labute approximate surface area is 86.0 Å². The first-order valence-electron chi connectivity index (χ1n) is 5.70. The van der Waals surface area contributed by atoms with Gasteiger partial charge in [-0.25, -0.2) is 0 Å². The van der Waals surface area contributed by atoms with Crippen molar-refractivity contribution in [3.63, 3.8) is 0 Å². The molecule has 0 bridgehead atoms. The fourth-order valence-corrected chi connectivity index (χ4v) is 2.89. The van der Waals surface area contributed by atoms with Gasteiger partial charge in [-0.05, 0) is 25.7 Å². The Morgan fingerprint density at radius 2 is 2.29 bits per heavy atom. The third-order valence-electron chi connectivity index (χ3n) is 3.44. The lowest BCUT2D eigenvalue weighted by molar-refractivity contribution is -0.132. The molecule has 0 unspecified atom stereocenters. The fraction of sp³-hybridized carbons (Fsp3) is 0.750.